The van der Waals surface area contributed by atoms with Gasteiger partial charge in [0.05, 0.1) is 0 Å². The van der Waals surface area contributed by atoms with Crippen LogP contribution in [0, 0.1) is 24.7 Å². The van der Waals surface area contributed by atoms with Crippen LogP contribution in [0.25, 0.3) is 11.1 Å². The van der Waals surface area contributed by atoms with Crippen molar-refractivity contribution in [2.24, 2.45) is 17.8 Å². The van der Waals surface area contributed by atoms with Gasteiger partial charge in [0.1, 0.15) is 0 Å². The predicted molar refractivity (Wildman–Crippen MR) is 124 cm³/mol. The normalized spacial score (nSPS) is 27.6. The first kappa shape index (κ1) is 21.2. The Morgan fingerprint density at radius 1 is 0.571 bits per heavy atom. The summed E-state index contributed by atoms with van der Waals surface area (Å²) in [5.41, 5.74) is 5.57. The van der Waals surface area contributed by atoms with Crippen molar-refractivity contribution in [1.29, 1.82) is 0 Å². The number of aryl methyl sites for hydroxylation is 1. The third-order valence-corrected chi connectivity index (χ3v) is 7.27. The molecule has 2 aliphatic rings. The molecule has 0 bridgehead atoms. The van der Waals surface area contributed by atoms with Gasteiger partial charge in [0.2, 0.25) is 0 Å². The highest BCUT2D eigenvalue weighted by atomic mass is 14.4. The summed E-state index contributed by atoms with van der Waals surface area (Å²) in [5, 5.41) is 0. The zero-order valence-electron chi connectivity index (χ0n) is 18.6. The molecule has 0 nitrogen and oxygen atoms in total. The molecule has 2 fully saturated rings. The number of hydrogen-bond donors (Lipinski definition) is 0. The molecule has 0 aromatic heterocycles. The van der Waals surface area contributed by atoms with Gasteiger partial charge in [0, 0.05) is 0 Å². The molecule has 0 N–H and O–H groups in total. The second-order valence-corrected chi connectivity index (χ2v) is 9.12. The lowest BCUT2D eigenvalue weighted by Crippen LogP contribution is -2.24. The van der Waals surface area contributed by atoms with Crippen molar-refractivity contribution in [1.82, 2.24) is 0 Å². The van der Waals surface area contributed by atoms with Crippen molar-refractivity contribution >= 4 is 0 Å². The van der Waals surface area contributed by atoms with E-state index in [0.29, 0.717) is 0 Å². The Bertz CT molecular complexity index is 678. The highest BCUT2D eigenvalue weighted by Gasteiger charge is 2.30. The first-order chi connectivity index (χ1) is 13.7. The van der Waals surface area contributed by atoms with Gasteiger partial charge in [-0.15, -0.1) is 0 Å². The van der Waals surface area contributed by atoms with Crippen molar-refractivity contribution < 1.29 is 0 Å². The van der Waals surface area contributed by atoms with Gasteiger partial charge in [-0.25, -0.2) is 0 Å². The van der Waals surface area contributed by atoms with Crippen LogP contribution in [0.4, 0.5) is 0 Å². The molecular formula is C28H40. The molecule has 0 amide bonds. The fraction of sp³-hybridized carbons (Fsp3) is 0.571. The minimum atomic E-state index is 0.792. The third-order valence-electron chi connectivity index (χ3n) is 7.27. The van der Waals surface area contributed by atoms with Crippen LogP contribution in [0.1, 0.15) is 89.2 Å². The summed E-state index contributed by atoms with van der Waals surface area (Å²) in [5.74, 6) is 3.83. The smallest absolute Gasteiger partial charge is 0.0162 e. The Hall–Kier alpha value is -1.56. The van der Waals surface area contributed by atoms with E-state index in [-0.39, 0.29) is 0 Å². The second-order valence-electron chi connectivity index (χ2n) is 9.12. The molecule has 4 rings (SSSR count). The van der Waals surface area contributed by atoms with E-state index in [9.17, 15) is 0 Å². The highest BCUT2D eigenvalue weighted by Crippen LogP contribution is 2.44. The van der Waals surface area contributed by atoms with Gasteiger partial charge in [-0.3, -0.25) is 0 Å². The van der Waals surface area contributed by atoms with Crippen molar-refractivity contribution in [2.45, 2.75) is 85.0 Å². The van der Waals surface area contributed by atoms with Crippen LogP contribution < -0.4 is 0 Å². The molecule has 2 aromatic carbocycles. The minimum Gasteiger partial charge on any atom is -0.0683 e. The van der Waals surface area contributed by atoms with Crippen molar-refractivity contribution in [3.05, 3.63) is 59.7 Å². The summed E-state index contributed by atoms with van der Waals surface area (Å²) < 4.78 is 0. The minimum absolute atomic E-state index is 0.792. The summed E-state index contributed by atoms with van der Waals surface area (Å²) in [6.07, 6.45) is 11.7. The van der Waals surface area contributed by atoms with Gasteiger partial charge in [0.25, 0.3) is 0 Å². The number of hydrogen-bond acceptors (Lipinski definition) is 0. The van der Waals surface area contributed by atoms with Crippen molar-refractivity contribution in [2.75, 3.05) is 0 Å². The monoisotopic (exact) mass is 376 g/mol. The maximum atomic E-state index is 2.44. The molecule has 2 saturated carbocycles. The Morgan fingerprint density at radius 2 is 1.00 bits per heavy atom. The predicted octanol–water partition coefficient (Wildman–Crippen LogP) is 8.79. The molecule has 0 radical (unpaired) electrons. The highest BCUT2D eigenvalue weighted by molar-refractivity contribution is 5.64. The molecule has 0 saturated heterocycles. The standard InChI is InChI=1S/C26H34.C2H6/c1-19-3-7-21(8-4-19)23-11-15-25(16-12-23)26-17-13-24(14-18-26)22-9-5-20(2)6-10-22;1-2/h3-4,7-8,11-12,15-16,20,22,24,26H,5-6,9-10,13-14,17-18H2,1-2H3;1-2H3. The molecule has 0 unspecified atom stereocenters. The van der Waals surface area contributed by atoms with Gasteiger partial charge < -0.3 is 0 Å². The molecular weight excluding hydrogens is 336 g/mol. The van der Waals surface area contributed by atoms with E-state index < -0.39 is 0 Å². The summed E-state index contributed by atoms with van der Waals surface area (Å²) in [6, 6.07) is 18.3. The lowest BCUT2D eigenvalue weighted by molar-refractivity contribution is 0.165. The average molecular weight is 377 g/mol. The molecule has 2 aromatic rings. The zero-order valence-corrected chi connectivity index (χ0v) is 18.6. The second kappa shape index (κ2) is 10.3. The van der Waals surface area contributed by atoms with Crippen LogP contribution in [0.3, 0.4) is 0 Å². The SMILES string of the molecule is CC.Cc1ccc(-c2ccc(C3CCC(C4CCC(C)CC4)CC3)cc2)cc1. The van der Waals surface area contributed by atoms with Crippen LogP contribution in [-0.4, -0.2) is 0 Å². The van der Waals surface area contributed by atoms with E-state index in [1.807, 2.05) is 13.8 Å². The number of rotatable bonds is 3. The summed E-state index contributed by atoms with van der Waals surface area (Å²) in [4.78, 5) is 0. The Labute approximate surface area is 173 Å². The van der Waals surface area contributed by atoms with Crippen LogP contribution in [0.5, 0.6) is 0 Å². The van der Waals surface area contributed by atoms with Crippen molar-refractivity contribution in [3.8, 4) is 11.1 Å². The van der Waals surface area contributed by atoms with Gasteiger partial charge in [-0.1, -0.05) is 87.7 Å². The summed E-state index contributed by atoms with van der Waals surface area (Å²) in [6.45, 7) is 8.59. The van der Waals surface area contributed by atoms with Crippen LogP contribution >= 0.6 is 0 Å². The van der Waals surface area contributed by atoms with E-state index in [1.54, 1.807) is 5.56 Å². The molecule has 2 aliphatic carbocycles. The molecule has 0 heterocycles. The fourth-order valence-electron chi connectivity index (χ4n) is 5.37. The molecule has 0 aliphatic heterocycles. The van der Waals surface area contributed by atoms with E-state index in [1.165, 1.54) is 68.1 Å². The average Bonchev–Trinajstić information content (AvgIpc) is 2.77. The van der Waals surface area contributed by atoms with Gasteiger partial charge >= 0.3 is 0 Å². The molecule has 28 heavy (non-hydrogen) atoms. The van der Waals surface area contributed by atoms with Crippen LogP contribution in [0.15, 0.2) is 48.5 Å². The van der Waals surface area contributed by atoms with Gasteiger partial charge in [-0.2, -0.15) is 0 Å². The summed E-state index contributed by atoms with van der Waals surface area (Å²) in [7, 11) is 0. The Morgan fingerprint density at radius 3 is 1.50 bits per heavy atom. The van der Waals surface area contributed by atoms with Crippen LogP contribution in [0.2, 0.25) is 0 Å². The van der Waals surface area contributed by atoms with E-state index in [0.717, 1.165) is 23.7 Å². The Balaban J connectivity index is 0.00000109. The van der Waals surface area contributed by atoms with Gasteiger partial charge in [0.15, 0.2) is 0 Å². The Kier molecular flexibility index (Phi) is 7.77. The summed E-state index contributed by atoms with van der Waals surface area (Å²) >= 11 is 0. The molecule has 0 spiro atoms. The van der Waals surface area contributed by atoms with Crippen molar-refractivity contribution in [3.63, 3.8) is 0 Å². The first-order valence-corrected chi connectivity index (χ1v) is 11.9. The number of benzene rings is 2. The topological polar surface area (TPSA) is 0 Å². The van der Waals surface area contributed by atoms with E-state index in [2.05, 4.69) is 62.4 Å². The largest absolute Gasteiger partial charge is 0.0683 e. The van der Waals surface area contributed by atoms with E-state index >= 15 is 0 Å². The zero-order chi connectivity index (χ0) is 19.9. The third kappa shape index (κ3) is 5.28. The quantitative estimate of drug-likeness (QED) is 0.502. The van der Waals surface area contributed by atoms with Crippen LogP contribution in [-0.2, 0) is 0 Å². The molecule has 0 heteroatoms. The van der Waals surface area contributed by atoms with E-state index in [4.69, 9.17) is 0 Å². The molecule has 0 atom stereocenters. The first-order valence-electron chi connectivity index (χ1n) is 11.9. The van der Waals surface area contributed by atoms with Gasteiger partial charge in [-0.05, 0) is 85.8 Å². The molecule has 152 valence electrons. The fourth-order valence-corrected chi connectivity index (χ4v) is 5.37. The lowest BCUT2D eigenvalue weighted by atomic mass is 9.68. The lowest BCUT2D eigenvalue weighted by Gasteiger charge is -2.37. The maximum Gasteiger partial charge on any atom is -0.0162 e. The maximum absolute atomic E-state index is 2.44.